The average molecular weight is 282 g/mol. The smallest absolute Gasteiger partial charge is 0.246 e. The van der Waals surface area contributed by atoms with Crippen LogP contribution in [-0.4, -0.2) is 48.6 Å². The van der Waals surface area contributed by atoms with Gasteiger partial charge in [0.05, 0.1) is 6.10 Å². The van der Waals surface area contributed by atoms with Gasteiger partial charge >= 0.3 is 0 Å². The highest BCUT2D eigenvalue weighted by Gasteiger charge is 2.42. The van der Waals surface area contributed by atoms with Crippen molar-refractivity contribution in [3.05, 3.63) is 0 Å². The SMILES string of the molecule is COC(C)CN1C(=O)C(C2CCCCC2)NC(=O)C1C. The van der Waals surface area contributed by atoms with Gasteiger partial charge in [0.15, 0.2) is 0 Å². The molecule has 1 heterocycles. The molecule has 1 N–H and O–H groups in total. The molecule has 0 aromatic carbocycles. The lowest BCUT2D eigenvalue weighted by atomic mass is 9.82. The van der Waals surface area contributed by atoms with E-state index in [1.54, 1.807) is 18.9 Å². The maximum atomic E-state index is 12.7. The molecule has 2 amide bonds. The molecule has 1 aliphatic heterocycles. The molecule has 3 unspecified atom stereocenters. The lowest BCUT2D eigenvalue weighted by Crippen LogP contribution is -2.65. The third kappa shape index (κ3) is 3.14. The number of carbonyl (C=O) groups is 2. The van der Waals surface area contributed by atoms with Gasteiger partial charge in [-0.3, -0.25) is 9.59 Å². The molecule has 1 saturated carbocycles. The van der Waals surface area contributed by atoms with Crippen molar-refractivity contribution in [2.75, 3.05) is 13.7 Å². The summed E-state index contributed by atoms with van der Waals surface area (Å²) in [5.41, 5.74) is 0. The number of ether oxygens (including phenoxy) is 1. The Morgan fingerprint density at radius 1 is 1.30 bits per heavy atom. The number of amides is 2. The van der Waals surface area contributed by atoms with E-state index in [1.807, 2.05) is 6.92 Å². The van der Waals surface area contributed by atoms with Gasteiger partial charge in [0.1, 0.15) is 12.1 Å². The van der Waals surface area contributed by atoms with Crippen molar-refractivity contribution >= 4 is 11.8 Å². The molecule has 2 aliphatic rings. The normalized spacial score (nSPS) is 30.2. The Hall–Kier alpha value is -1.10. The Bertz CT molecular complexity index is 362. The monoisotopic (exact) mass is 282 g/mol. The van der Waals surface area contributed by atoms with Gasteiger partial charge in [-0.2, -0.15) is 0 Å². The van der Waals surface area contributed by atoms with Crippen LogP contribution >= 0.6 is 0 Å². The zero-order chi connectivity index (χ0) is 14.7. The third-order valence-corrected chi connectivity index (χ3v) is 4.67. The van der Waals surface area contributed by atoms with Crippen LogP contribution in [0.3, 0.4) is 0 Å². The largest absolute Gasteiger partial charge is 0.380 e. The second-order valence-corrected chi connectivity index (χ2v) is 6.10. The molecule has 5 heteroatoms. The Labute approximate surface area is 121 Å². The molecule has 0 aromatic heterocycles. The van der Waals surface area contributed by atoms with E-state index >= 15 is 0 Å². The fourth-order valence-electron chi connectivity index (χ4n) is 3.23. The first-order chi connectivity index (χ1) is 9.54. The highest BCUT2D eigenvalue weighted by atomic mass is 16.5. The van der Waals surface area contributed by atoms with Crippen molar-refractivity contribution in [3.63, 3.8) is 0 Å². The molecular weight excluding hydrogens is 256 g/mol. The summed E-state index contributed by atoms with van der Waals surface area (Å²) in [7, 11) is 1.63. The van der Waals surface area contributed by atoms with Crippen LogP contribution in [0.4, 0.5) is 0 Å². The first kappa shape index (κ1) is 15.3. The minimum atomic E-state index is -0.403. The Kier molecular flexibility index (Phi) is 5.02. The molecule has 1 aliphatic carbocycles. The van der Waals surface area contributed by atoms with Gasteiger partial charge in [-0.05, 0) is 32.6 Å². The lowest BCUT2D eigenvalue weighted by molar-refractivity contribution is -0.152. The number of hydrogen-bond donors (Lipinski definition) is 1. The van der Waals surface area contributed by atoms with Gasteiger partial charge < -0.3 is 15.0 Å². The van der Waals surface area contributed by atoms with Crippen molar-refractivity contribution in [1.29, 1.82) is 0 Å². The number of nitrogens with one attached hydrogen (secondary N) is 1. The number of hydrogen-bond acceptors (Lipinski definition) is 3. The summed E-state index contributed by atoms with van der Waals surface area (Å²) in [4.78, 5) is 26.5. The Morgan fingerprint density at radius 3 is 2.55 bits per heavy atom. The van der Waals surface area contributed by atoms with Crippen LogP contribution in [-0.2, 0) is 14.3 Å². The summed E-state index contributed by atoms with van der Waals surface area (Å²) in [6.45, 7) is 4.18. The molecular formula is C15H26N2O3. The summed E-state index contributed by atoms with van der Waals surface area (Å²) in [5, 5.41) is 2.94. The van der Waals surface area contributed by atoms with Gasteiger partial charge in [0.25, 0.3) is 0 Å². The molecule has 2 rings (SSSR count). The van der Waals surface area contributed by atoms with Crippen LogP contribution < -0.4 is 5.32 Å². The van der Waals surface area contributed by atoms with E-state index in [-0.39, 0.29) is 24.0 Å². The van der Waals surface area contributed by atoms with Crippen molar-refractivity contribution in [3.8, 4) is 0 Å². The topological polar surface area (TPSA) is 58.6 Å². The van der Waals surface area contributed by atoms with E-state index in [9.17, 15) is 9.59 Å². The molecule has 0 radical (unpaired) electrons. The average Bonchev–Trinajstić information content (AvgIpc) is 2.48. The minimum Gasteiger partial charge on any atom is -0.380 e. The zero-order valence-electron chi connectivity index (χ0n) is 12.7. The van der Waals surface area contributed by atoms with E-state index in [4.69, 9.17) is 4.74 Å². The summed E-state index contributed by atoms with van der Waals surface area (Å²) < 4.78 is 5.24. The standard InChI is InChI=1S/C15H26N2O3/c1-10(20-3)9-17-11(2)14(18)16-13(15(17)19)12-7-5-4-6-8-12/h10-13H,4-9H2,1-3H3,(H,16,18). The fraction of sp³-hybridized carbons (Fsp3) is 0.867. The highest BCUT2D eigenvalue weighted by Crippen LogP contribution is 2.29. The van der Waals surface area contributed by atoms with Crippen molar-refractivity contribution in [2.24, 2.45) is 5.92 Å². The van der Waals surface area contributed by atoms with Crippen molar-refractivity contribution < 1.29 is 14.3 Å². The van der Waals surface area contributed by atoms with Crippen molar-refractivity contribution in [2.45, 2.75) is 64.1 Å². The van der Waals surface area contributed by atoms with Crippen LogP contribution in [0, 0.1) is 5.92 Å². The van der Waals surface area contributed by atoms with Crippen LogP contribution in [0.15, 0.2) is 0 Å². The summed E-state index contributed by atoms with van der Waals surface area (Å²) in [5.74, 6) is 0.324. The fourth-order valence-corrected chi connectivity index (χ4v) is 3.23. The van der Waals surface area contributed by atoms with E-state index in [0.717, 1.165) is 25.7 Å². The molecule has 3 atom stereocenters. The zero-order valence-corrected chi connectivity index (χ0v) is 12.7. The molecule has 0 bridgehead atoms. The molecule has 114 valence electrons. The summed E-state index contributed by atoms with van der Waals surface area (Å²) in [6.07, 6.45) is 5.59. The van der Waals surface area contributed by atoms with Gasteiger partial charge in [-0.1, -0.05) is 19.3 Å². The molecule has 0 spiro atoms. The van der Waals surface area contributed by atoms with Crippen LogP contribution in [0.5, 0.6) is 0 Å². The molecule has 5 nitrogen and oxygen atoms in total. The van der Waals surface area contributed by atoms with Gasteiger partial charge in [-0.25, -0.2) is 0 Å². The predicted octanol–water partition coefficient (Wildman–Crippen LogP) is 1.32. The Balaban J connectivity index is 2.10. The molecule has 2 fully saturated rings. The third-order valence-electron chi connectivity index (χ3n) is 4.67. The maximum absolute atomic E-state index is 12.7. The summed E-state index contributed by atoms with van der Waals surface area (Å²) >= 11 is 0. The van der Waals surface area contributed by atoms with E-state index in [0.29, 0.717) is 12.5 Å². The van der Waals surface area contributed by atoms with Gasteiger partial charge in [0.2, 0.25) is 11.8 Å². The van der Waals surface area contributed by atoms with Gasteiger partial charge in [-0.15, -0.1) is 0 Å². The number of methoxy groups -OCH3 is 1. The van der Waals surface area contributed by atoms with Crippen LogP contribution in [0.25, 0.3) is 0 Å². The first-order valence-corrected chi connectivity index (χ1v) is 7.68. The van der Waals surface area contributed by atoms with Gasteiger partial charge in [0, 0.05) is 13.7 Å². The molecule has 0 aromatic rings. The maximum Gasteiger partial charge on any atom is 0.246 e. The quantitative estimate of drug-likeness (QED) is 0.846. The van der Waals surface area contributed by atoms with E-state index in [2.05, 4.69) is 5.32 Å². The summed E-state index contributed by atoms with van der Waals surface area (Å²) in [6, 6.07) is -0.733. The highest BCUT2D eigenvalue weighted by molar-refractivity contribution is 5.96. The second kappa shape index (κ2) is 6.57. The second-order valence-electron chi connectivity index (χ2n) is 6.10. The molecule has 1 saturated heterocycles. The minimum absolute atomic E-state index is 0.0384. The first-order valence-electron chi connectivity index (χ1n) is 7.68. The number of carbonyl (C=O) groups excluding carboxylic acids is 2. The lowest BCUT2D eigenvalue weighted by Gasteiger charge is -2.41. The number of nitrogens with zero attached hydrogens (tertiary/aromatic N) is 1. The molecule has 20 heavy (non-hydrogen) atoms. The Morgan fingerprint density at radius 2 is 1.95 bits per heavy atom. The van der Waals surface area contributed by atoms with Crippen molar-refractivity contribution in [1.82, 2.24) is 10.2 Å². The van der Waals surface area contributed by atoms with Crippen LogP contribution in [0.2, 0.25) is 0 Å². The van der Waals surface area contributed by atoms with Crippen LogP contribution in [0.1, 0.15) is 46.0 Å². The van der Waals surface area contributed by atoms with E-state index < -0.39 is 6.04 Å². The number of piperazine rings is 1. The predicted molar refractivity (Wildman–Crippen MR) is 76.2 cm³/mol. The van der Waals surface area contributed by atoms with E-state index in [1.165, 1.54) is 6.42 Å². The number of rotatable bonds is 4.